The molecule has 1 heterocycles. The summed E-state index contributed by atoms with van der Waals surface area (Å²) >= 11 is 6.04. The van der Waals surface area contributed by atoms with E-state index in [0.29, 0.717) is 28.5 Å². The molecule has 0 aliphatic rings. The number of rotatable bonds is 6. The summed E-state index contributed by atoms with van der Waals surface area (Å²) in [5.41, 5.74) is 1.16. The van der Waals surface area contributed by atoms with Crippen LogP contribution in [-0.2, 0) is 0 Å². The highest BCUT2D eigenvalue weighted by Gasteiger charge is 2.11. The maximum absolute atomic E-state index is 11.6. The van der Waals surface area contributed by atoms with Crippen molar-refractivity contribution in [2.24, 2.45) is 0 Å². The summed E-state index contributed by atoms with van der Waals surface area (Å²) in [6.07, 6.45) is 0.758. The number of aliphatic hydroxyl groups is 1. The van der Waals surface area contributed by atoms with Crippen LogP contribution in [0.1, 0.15) is 28.9 Å². The van der Waals surface area contributed by atoms with Gasteiger partial charge in [-0.15, -0.1) is 0 Å². The van der Waals surface area contributed by atoms with Gasteiger partial charge in [-0.3, -0.25) is 4.79 Å². The van der Waals surface area contributed by atoms with E-state index in [2.05, 4.69) is 15.6 Å². The molecule has 1 unspecified atom stereocenters. The highest BCUT2D eigenvalue weighted by molar-refractivity contribution is 6.31. The Balaban J connectivity index is 1.94. The molecule has 3 N–H and O–H groups in total. The molecular formula is C16H18ClN3O2. The van der Waals surface area contributed by atoms with E-state index in [-0.39, 0.29) is 12.5 Å². The number of hydrogen-bond acceptors (Lipinski definition) is 4. The number of nitrogens with zero attached hydrogens (tertiary/aromatic N) is 1. The summed E-state index contributed by atoms with van der Waals surface area (Å²) in [4.78, 5) is 15.8. The van der Waals surface area contributed by atoms with Crippen molar-refractivity contribution in [2.75, 3.05) is 18.4 Å². The van der Waals surface area contributed by atoms with Crippen molar-refractivity contribution in [3.63, 3.8) is 0 Å². The lowest BCUT2D eigenvalue weighted by Gasteiger charge is -2.14. The van der Waals surface area contributed by atoms with Gasteiger partial charge in [0, 0.05) is 29.9 Å². The van der Waals surface area contributed by atoms with Crippen LogP contribution in [0.4, 0.5) is 5.82 Å². The zero-order valence-corrected chi connectivity index (χ0v) is 13.0. The molecule has 0 radical (unpaired) electrons. The van der Waals surface area contributed by atoms with E-state index in [1.807, 2.05) is 19.1 Å². The fourth-order valence-corrected chi connectivity index (χ4v) is 2.21. The van der Waals surface area contributed by atoms with E-state index in [4.69, 9.17) is 11.6 Å². The van der Waals surface area contributed by atoms with E-state index < -0.39 is 6.10 Å². The quantitative estimate of drug-likeness (QED) is 0.765. The number of nitrogens with one attached hydrogen (secondary N) is 2. The minimum absolute atomic E-state index is 0.155. The van der Waals surface area contributed by atoms with Gasteiger partial charge >= 0.3 is 0 Å². The van der Waals surface area contributed by atoms with E-state index >= 15 is 0 Å². The second kappa shape index (κ2) is 7.77. The van der Waals surface area contributed by atoms with E-state index in [1.165, 1.54) is 6.20 Å². The highest BCUT2D eigenvalue weighted by atomic mass is 35.5. The Morgan fingerprint density at radius 3 is 2.73 bits per heavy atom. The van der Waals surface area contributed by atoms with Crippen LogP contribution in [0.3, 0.4) is 0 Å². The first-order chi connectivity index (χ1) is 10.6. The molecule has 2 rings (SSSR count). The van der Waals surface area contributed by atoms with Crippen molar-refractivity contribution >= 4 is 23.3 Å². The number of carbonyl (C=O) groups is 1. The molecule has 1 atom stereocenters. The van der Waals surface area contributed by atoms with Crippen molar-refractivity contribution in [3.05, 3.63) is 58.7 Å². The molecule has 0 bridgehead atoms. The molecule has 1 amide bonds. The van der Waals surface area contributed by atoms with Crippen molar-refractivity contribution < 1.29 is 9.90 Å². The number of amides is 1. The Morgan fingerprint density at radius 1 is 1.32 bits per heavy atom. The van der Waals surface area contributed by atoms with Gasteiger partial charge in [-0.05, 0) is 25.1 Å². The van der Waals surface area contributed by atoms with Gasteiger partial charge < -0.3 is 15.7 Å². The number of hydrogen-bond donors (Lipinski definition) is 3. The molecule has 22 heavy (non-hydrogen) atoms. The maximum Gasteiger partial charge on any atom is 0.252 e. The van der Waals surface area contributed by atoms with Crippen LogP contribution in [0, 0.1) is 0 Å². The zero-order valence-electron chi connectivity index (χ0n) is 12.2. The topological polar surface area (TPSA) is 74.2 Å². The Labute approximate surface area is 134 Å². The van der Waals surface area contributed by atoms with Gasteiger partial charge in [0.2, 0.25) is 0 Å². The second-order valence-corrected chi connectivity index (χ2v) is 5.12. The zero-order chi connectivity index (χ0) is 15.9. The van der Waals surface area contributed by atoms with Gasteiger partial charge in [0.25, 0.3) is 5.91 Å². The van der Waals surface area contributed by atoms with Gasteiger partial charge in [0.05, 0.1) is 11.7 Å². The van der Waals surface area contributed by atoms with E-state index in [9.17, 15) is 9.90 Å². The number of pyridine rings is 1. The summed E-state index contributed by atoms with van der Waals surface area (Å²) < 4.78 is 0. The van der Waals surface area contributed by atoms with Crippen LogP contribution in [-0.4, -0.2) is 29.1 Å². The lowest BCUT2D eigenvalue weighted by atomic mass is 10.1. The summed E-state index contributed by atoms with van der Waals surface area (Å²) in [6, 6.07) is 10.5. The van der Waals surface area contributed by atoms with Gasteiger partial charge in [-0.1, -0.05) is 29.8 Å². The first-order valence-corrected chi connectivity index (χ1v) is 7.40. The second-order valence-electron chi connectivity index (χ2n) is 4.71. The Kier molecular flexibility index (Phi) is 5.75. The Hall–Kier alpha value is -2.11. The third-order valence-electron chi connectivity index (χ3n) is 3.10. The fourth-order valence-electron chi connectivity index (χ4n) is 1.95. The van der Waals surface area contributed by atoms with Gasteiger partial charge in [0.15, 0.2) is 0 Å². The molecule has 0 saturated carbocycles. The molecule has 6 heteroatoms. The van der Waals surface area contributed by atoms with Crippen LogP contribution in [0.25, 0.3) is 0 Å². The van der Waals surface area contributed by atoms with E-state index in [1.54, 1.807) is 24.3 Å². The van der Waals surface area contributed by atoms with Crippen molar-refractivity contribution in [1.29, 1.82) is 0 Å². The number of benzene rings is 1. The average Bonchev–Trinajstić information content (AvgIpc) is 2.54. The van der Waals surface area contributed by atoms with E-state index in [0.717, 1.165) is 0 Å². The molecular weight excluding hydrogens is 302 g/mol. The SMILES string of the molecule is CCNC(=O)c1ccc(NCC(O)c2ccccc2Cl)nc1. The normalized spacial score (nSPS) is 11.8. The summed E-state index contributed by atoms with van der Waals surface area (Å²) in [5, 5.41) is 16.4. The van der Waals surface area contributed by atoms with Crippen molar-refractivity contribution in [2.45, 2.75) is 13.0 Å². The lowest BCUT2D eigenvalue weighted by molar-refractivity contribution is 0.0955. The molecule has 0 fully saturated rings. The number of carbonyl (C=O) groups excluding carboxylic acids is 1. The van der Waals surface area contributed by atoms with Gasteiger partial charge in [-0.25, -0.2) is 4.98 Å². The van der Waals surface area contributed by atoms with Gasteiger partial charge in [-0.2, -0.15) is 0 Å². The minimum Gasteiger partial charge on any atom is -0.387 e. The molecule has 0 aliphatic heterocycles. The number of anilines is 1. The summed E-state index contributed by atoms with van der Waals surface area (Å²) in [6.45, 7) is 2.71. The summed E-state index contributed by atoms with van der Waals surface area (Å²) in [7, 11) is 0. The lowest BCUT2D eigenvalue weighted by Crippen LogP contribution is -2.22. The number of aliphatic hydroxyl groups excluding tert-OH is 1. The van der Waals surface area contributed by atoms with Crippen molar-refractivity contribution in [3.8, 4) is 0 Å². The minimum atomic E-state index is -0.737. The number of aromatic nitrogens is 1. The Bertz CT molecular complexity index is 632. The first-order valence-electron chi connectivity index (χ1n) is 7.02. The van der Waals surface area contributed by atoms with Gasteiger partial charge in [0.1, 0.15) is 5.82 Å². The van der Waals surface area contributed by atoms with Crippen LogP contribution in [0.2, 0.25) is 5.02 Å². The van der Waals surface area contributed by atoms with Crippen LogP contribution in [0.5, 0.6) is 0 Å². The Morgan fingerprint density at radius 2 is 2.09 bits per heavy atom. The standard InChI is InChI=1S/C16H18ClN3O2/c1-2-18-16(22)11-7-8-15(19-9-11)20-10-14(21)12-5-3-4-6-13(12)17/h3-9,14,21H,2,10H2,1H3,(H,18,22)(H,19,20). The largest absolute Gasteiger partial charge is 0.387 e. The summed E-state index contributed by atoms with van der Waals surface area (Å²) in [5.74, 6) is 0.428. The maximum atomic E-state index is 11.6. The smallest absolute Gasteiger partial charge is 0.252 e. The highest BCUT2D eigenvalue weighted by Crippen LogP contribution is 2.22. The fraction of sp³-hybridized carbons (Fsp3) is 0.250. The molecule has 116 valence electrons. The molecule has 1 aromatic carbocycles. The molecule has 0 aliphatic carbocycles. The van der Waals surface area contributed by atoms with Crippen molar-refractivity contribution in [1.82, 2.24) is 10.3 Å². The predicted octanol–water partition coefficient (Wildman–Crippen LogP) is 2.63. The molecule has 1 aromatic heterocycles. The monoisotopic (exact) mass is 319 g/mol. The third kappa shape index (κ3) is 4.19. The molecule has 0 spiro atoms. The molecule has 5 nitrogen and oxygen atoms in total. The third-order valence-corrected chi connectivity index (χ3v) is 3.45. The first kappa shape index (κ1) is 16.3. The number of halogens is 1. The van der Waals surface area contributed by atoms with Crippen LogP contribution >= 0.6 is 11.6 Å². The molecule has 2 aromatic rings. The predicted molar refractivity (Wildman–Crippen MR) is 87.1 cm³/mol. The molecule has 0 saturated heterocycles. The van der Waals surface area contributed by atoms with Crippen LogP contribution in [0.15, 0.2) is 42.6 Å². The van der Waals surface area contributed by atoms with Crippen LogP contribution < -0.4 is 10.6 Å². The average molecular weight is 320 g/mol.